The van der Waals surface area contributed by atoms with Crippen LogP contribution in [0.4, 0.5) is 0 Å². The first-order valence-corrected chi connectivity index (χ1v) is 11.8. The summed E-state index contributed by atoms with van der Waals surface area (Å²) in [5.41, 5.74) is 0. The maximum absolute atomic E-state index is 11.0. The number of carbonyl (C=O) groups is 1. The number of hydrogen-bond acceptors (Lipinski definition) is 1. The summed E-state index contributed by atoms with van der Waals surface area (Å²) < 4.78 is 0. The van der Waals surface area contributed by atoms with Gasteiger partial charge in [-0.2, -0.15) is 0 Å². The Morgan fingerprint density at radius 3 is 2.00 bits per heavy atom. The molecule has 0 radical (unpaired) electrons. The van der Waals surface area contributed by atoms with Gasteiger partial charge in [0, 0.05) is 5.92 Å². The van der Waals surface area contributed by atoms with Gasteiger partial charge in [-0.15, -0.1) is 0 Å². The van der Waals surface area contributed by atoms with E-state index in [1.54, 1.807) is 6.42 Å². The lowest BCUT2D eigenvalue weighted by Crippen LogP contribution is -2.34. The number of aldehydes is 1. The second-order valence-electron chi connectivity index (χ2n) is 9.79. The Morgan fingerprint density at radius 1 is 0.680 bits per heavy atom. The summed E-state index contributed by atoms with van der Waals surface area (Å²) in [6.45, 7) is 2.31. The highest BCUT2D eigenvalue weighted by Gasteiger charge is 2.38. The van der Waals surface area contributed by atoms with Crippen molar-refractivity contribution in [3.8, 4) is 0 Å². The largest absolute Gasteiger partial charge is 0.303 e. The summed E-state index contributed by atoms with van der Waals surface area (Å²) in [5, 5.41) is 0. The molecule has 0 aromatic carbocycles. The van der Waals surface area contributed by atoms with E-state index in [0.29, 0.717) is 5.92 Å². The standard InChI is InChI=1S/C24H42O/c1-2-3-4-5-6-7-19-8-13-24-17-23(15-14-22(24)16-19)21-11-9-20(18-25)10-12-21/h18-24H,2-17H2,1H3/t19-,20?,21?,22-,23+,24+/m0/s1. The molecule has 1 heteroatoms. The molecule has 0 aromatic heterocycles. The molecular weight excluding hydrogens is 304 g/mol. The van der Waals surface area contributed by atoms with Crippen LogP contribution in [0.25, 0.3) is 0 Å². The number of hydrogen-bond donors (Lipinski definition) is 0. The van der Waals surface area contributed by atoms with Crippen LogP contribution in [0.1, 0.15) is 110 Å². The third kappa shape index (κ3) is 5.57. The van der Waals surface area contributed by atoms with Crippen molar-refractivity contribution in [3.05, 3.63) is 0 Å². The predicted octanol–water partition coefficient (Wildman–Crippen LogP) is 7.18. The van der Waals surface area contributed by atoms with Gasteiger partial charge in [0.25, 0.3) is 0 Å². The van der Waals surface area contributed by atoms with E-state index in [2.05, 4.69) is 6.92 Å². The molecule has 25 heavy (non-hydrogen) atoms. The van der Waals surface area contributed by atoms with Gasteiger partial charge in [-0.1, -0.05) is 51.9 Å². The average molecular weight is 347 g/mol. The lowest BCUT2D eigenvalue weighted by molar-refractivity contribution is -0.112. The van der Waals surface area contributed by atoms with E-state index in [9.17, 15) is 4.79 Å². The van der Waals surface area contributed by atoms with Crippen molar-refractivity contribution < 1.29 is 4.79 Å². The highest BCUT2D eigenvalue weighted by atomic mass is 16.1. The van der Waals surface area contributed by atoms with Gasteiger partial charge < -0.3 is 4.79 Å². The molecule has 0 unspecified atom stereocenters. The molecule has 3 rings (SSSR count). The topological polar surface area (TPSA) is 17.1 Å². The van der Waals surface area contributed by atoms with Crippen LogP contribution < -0.4 is 0 Å². The summed E-state index contributed by atoms with van der Waals surface area (Å²) in [6.07, 6.45) is 24.2. The van der Waals surface area contributed by atoms with Crippen LogP contribution in [-0.2, 0) is 4.79 Å². The van der Waals surface area contributed by atoms with Crippen LogP contribution in [-0.4, -0.2) is 6.29 Å². The zero-order chi connectivity index (χ0) is 17.5. The minimum absolute atomic E-state index is 0.389. The number of rotatable bonds is 8. The molecule has 0 aliphatic heterocycles. The molecule has 3 aliphatic carbocycles. The molecule has 144 valence electrons. The van der Waals surface area contributed by atoms with Crippen molar-refractivity contribution in [2.45, 2.75) is 110 Å². The Morgan fingerprint density at radius 2 is 1.28 bits per heavy atom. The first-order chi connectivity index (χ1) is 12.3. The Balaban J connectivity index is 1.36. The lowest BCUT2D eigenvalue weighted by Gasteiger charge is -2.45. The molecule has 1 nitrogen and oxygen atoms in total. The number of carbonyl (C=O) groups excluding carboxylic acids is 1. The smallest absolute Gasteiger partial charge is 0.123 e. The SMILES string of the molecule is CCCCCCC[C@H]1CC[C@@H]2C[C@H](C3CCC(C=O)CC3)CC[C@H]2C1. The summed E-state index contributed by atoms with van der Waals surface area (Å²) in [7, 11) is 0. The highest BCUT2D eigenvalue weighted by molar-refractivity contribution is 5.53. The summed E-state index contributed by atoms with van der Waals surface area (Å²) >= 11 is 0. The van der Waals surface area contributed by atoms with Gasteiger partial charge in [0.15, 0.2) is 0 Å². The van der Waals surface area contributed by atoms with Crippen LogP contribution in [0, 0.1) is 35.5 Å². The Labute approximate surface area is 156 Å². The second kappa shape index (κ2) is 10.1. The number of fused-ring (bicyclic) bond motifs is 1. The van der Waals surface area contributed by atoms with Crippen LogP contribution in [0.3, 0.4) is 0 Å². The maximum Gasteiger partial charge on any atom is 0.123 e. The molecule has 0 aromatic rings. The van der Waals surface area contributed by atoms with Crippen LogP contribution in [0.5, 0.6) is 0 Å². The van der Waals surface area contributed by atoms with Gasteiger partial charge in [-0.05, 0) is 87.4 Å². The van der Waals surface area contributed by atoms with Gasteiger partial charge >= 0.3 is 0 Å². The molecule has 0 N–H and O–H groups in total. The Kier molecular flexibility index (Phi) is 7.87. The maximum atomic E-state index is 11.0. The fraction of sp³-hybridized carbons (Fsp3) is 0.958. The molecule has 3 saturated carbocycles. The minimum Gasteiger partial charge on any atom is -0.303 e. The highest BCUT2D eigenvalue weighted by Crippen LogP contribution is 2.49. The summed E-state index contributed by atoms with van der Waals surface area (Å²) in [6, 6.07) is 0. The first-order valence-electron chi connectivity index (χ1n) is 11.8. The molecule has 0 spiro atoms. The van der Waals surface area contributed by atoms with E-state index >= 15 is 0 Å². The van der Waals surface area contributed by atoms with Gasteiger partial charge in [-0.25, -0.2) is 0 Å². The zero-order valence-electron chi connectivity index (χ0n) is 16.8. The van der Waals surface area contributed by atoms with Crippen LogP contribution in [0.15, 0.2) is 0 Å². The third-order valence-electron chi connectivity index (χ3n) is 8.15. The van der Waals surface area contributed by atoms with Crippen molar-refractivity contribution >= 4 is 6.29 Å². The third-order valence-corrected chi connectivity index (χ3v) is 8.15. The second-order valence-corrected chi connectivity index (χ2v) is 9.79. The van der Waals surface area contributed by atoms with Crippen molar-refractivity contribution in [1.29, 1.82) is 0 Å². The molecule has 4 atom stereocenters. The normalized spacial score (nSPS) is 38.9. The molecule has 3 aliphatic rings. The van der Waals surface area contributed by atoms with Crippen molar-refractivity contribution in [2.75, 3.05) is 0 Å². The van der Waals surface area contributed by atoms with Crippen LogP contribution in [0.2, 0.25) is 0 Å². The summed E-state index contributed by atoms with van der Waals surface area (Å²) in [5.74, 6) is 5.52. The molecular formula is C24H42O. The van der Waals surface area contributed by atoms with E-state index in [4.69, 9.17) is 0 Å². The van der Waals surface area contributed by atoms with E-state index in [1.165, 1.54) is 103 Å². The van der Waals surface area contributed by atoms with Gasteiger partial charge in [0.1, 0.15) is 6.29 Å². The van der Waals surface area contributed by atoms with E-state index in [1.807, 2.05) is 0 Å². The Bertz CT molecular complexity index is 382. The molecule has 0 bridgehead atoms. The molecule has 0 heterocycles. The van der Waals surface area contributed by atoms with Gasteiger partial charge in [-0.3, -0.25) is 0 Å². The van der Waals surface area contributed by atoms with E-state index < -0.39 is 0 Å². The zero-order valence-corrected chi connectivity index (χ0v) is 16.8. The fourth-order valence-corrected chi connectivity index (χ4v) is 6.50. The van der Waals surface area contributed by atoms with Gasteiger partial charge in [0.2, 0.25) is 0 Å². The monoisotopic (exact) mass is 346 g/mol. The Hall–Kier alpha value is -0.330. The molecule has 0 saturated heterocycles. The van der Waals surface area contributed by atoms with E-state index in [-0.39, 0.29) is 0 Å². The summed E-state index contributed by atoms with van der Waals surface area (Å²) in [4.78, 5) is 11.0. The van der Waals surface area contributed by atoms with E-state index in [0.717, 1.165) is 29.6 Å². The fourth-order valence-electron chi connectivity index (χ4n) is 6.50. The van der Waals surface area contributed by atoms with Crippen LogP contribution >= 0.6 is 0 Å². The minimum atomic E-state index is 0.389. The molecule has 0 amide bonds. The van der Waals surface area contributed by atoms with Gasteiger partial charge in [0.05, 0.1) is 0 Å². The van der Waals surface area contributed by atoms with Crippen molar-refractivity contribution in [1.82, 2.24) is 0 Å². The average Bonchev–Trinajstić information content (AvgIpc) is 2.67. The number of unbranched alkanes of at least 4 members (excludes halogenated alkanes) is 4. The quantitative estimate of drug-likeness (QED) is 0.336. The lowest BCUT2D eigenvalue weighted by atomic mass is 9.60. The predicted molar refractivity (Wildman–Crippen MR) is 107 cm³/mol. The molecule has 3 fully saturated rings. The van der Waals surface area contributed by atoms with Crippen molar-refractivity contribution in [3.63, 3.8) is 0 Å². The first kappa shape index (κ1) is 19.4. The van der Waals surface area contributed by atoms with Crippen molar-refractivity contribution in [2.24, 2.45) is 35.5 Å².